The lowest BCUT2D eigenvalue weighted by atomic mass is 10.1. The molecule has 0 unspecified atom stereocenters. The maximum atomic E-state index is 6.14. The molecule has 2 aromatic heterocycles. The normalized spacial score (nSPS) is 14.8. The summed E-state index contributed by atoms with van der Waals surface area (Å²) < 4.78 is 17.0. The van der Waals surface area contributed by atoms with Crippen LogP contribution in [0.4, 0.5) is 5.82 Å². The molecule has 1 fully saturated rings. The molecule has 0 bridgehead atoms. The van der Waals surface area contributed by atoms with E-state index < -0.39 is 0 Å². The maximum Gasteiger partial charge on any atom is 0.235 e. The summed E-state index contributed by atoms with van der Waals surface area (Å²) in [5.41, 5.74) is 2.51. The van der Waals surface area contributed by atoms with E-state index in [1.54, 1.807) is 26.7 Å². The van der Waals surface area contributed by atoms with Gasteiger partial charge in [0.1, 0.15) is 18.2 Å². The lowest BCUT2D eigenvalue weighted by Gasteiger charge is -2.33. The number of aryl methyl sites for hydroxylation is 2. The largest absolute Gasteiger partial charge is 0.493 e. The number of hydrogen-bond acceptors (Lipinski definition) is 8. The van der Waals surface area contributed by atoms with Crippen LogP contribution in [0.15, 0.2) is 24.7 Å². The Bertz CT molecular complexity index is 1020. The molecule has 0 radical (unpaired) electrons. The third-order valence-corrected chi connectivity index (χ3v) is 5.17. The van der Waals surface area contributed by atoms with Gasteiger partial charge in [-0.3, -0.25) is 4.98 Å². The maximum absolute atomic E-state index is 6.14. The number of hydrogen-bond donors (Lipinski definition) is 0. The van der Waals surface area contributed by atoms with E-state index in [0.717, 1.165) is 54.0 Å². The van der Waals surface area contributed by atoms with Crippen molar-refractivity contribution in [1.82, 2.24) is 19.9 Å². The molecular formula is C21H25N5O3. The SMILES string of the molecule is COc1cc2ncnc(N3CCC(Oc4nc(C)cnc4C)CC3)c2cc1OC. The summed E-state index contributed by atoms with van der Waals surface area (Å²) in [6.07, 6.45) is 5.23. The van der Waals surface area contributed by atoms with E-state index in [1.165, 1.54) is 0 Å². The van der Waals surface area contributed by atoms with Gasteiger partial charge < -0.3 is 19.1 Å². The molecule has 0 spiro atoms. The van der Waals surface area contributed by atoms with Crippen molar-refractivity contribution < 1.29 is 14.2 Å². The average Bonchev–Trinajstić information content (AvgIpc) is 2.75. The van der Waals surface area contributed by atoms with Gasteiger partial charge in [-0.05, 0) is 19.9 Å². The summed E-state index contributed by atoms with van der Waals surface area (Å²) in [6, 6.07) is 3.83. The Labute approximate surface area is 169 Å². The van der Waals surface area contributed by atoms with Gasteiger partial charge >= 0.3 is 0 Å². The van der Waals surface area contributed by atoms with E-state index >= 15 is 0 Å². The highest BCUT2D eigenvalue weighted by Gasteiger charge is 2.24. The highest BCUT2D eigenvalue weighted by molar-refractivity contribution is 5.92. The van der Waals surface area contributed by atoms with Gasteiger partial charge in [0, 0.05) is 43.6 Å². The Morgan fingerprint density at radius 3 is 2.41 bits per heavy atom. The van der Waals surface area contributed by atoms with E-state index in [2.05, 4.69) is 24.8 Å². The molecule has 1 aliphatic heterocycles. The fraction of sp³-hybridized carbons (Fsp3) is 0.429. The molecule has 4 rings (SSSR count). The Morgan fingerprint density at radius 2 is 1.69 bits per heavy atom. The van der Waals surface area contributed by atoms with E-state index in [9.17, 15) is 0 Å². The number of methoxy groups -OCH3 is 2. The third kappa shape index (κ3) is 3.87. The van der Waals surface area contributed by atoms with Crippen molar-refractivity contribution in [3.63, 3.8) is 0 Å². The Kier molecular flexibility index (Phi) is 5.33. The first-order chi connectivity index (χ1) is 14.1. The minimum atomic E-state index is 0.115. The summed E-state index contributed by atoms with van der Waals surface area (Å²) in [7, 11) is 3.25. The predicted octanol–water partition coefficient (Wildman–Crippen LogP) is 3.10. The van der Waals surface area contributed by atoms with Gasteiger partial charge in [0.05, 0.1) is 31.1 Å². The number of ether oxygens (including phenoxy) is 3. The zero-order valence-electron chi connectivity index (χ0n) is 17.2. The number of aromatic nitrogens is 4. The second-order valence-electron chi connectivity index (χ2n) is 7.13. The molecule has 152 valence electrons. The zero-order chi connectivity index (χ0) is 20.4. The molecule has 8 nitrogen and oxygen atoms in total. The molecule has 3 heterocycles. The summed E-state index contributed by atoms with van der Waals surface area (Å²) in [4.78, 5) is 20.0. The molecule has 3 aromatic rings. The number of rotatable bonds is 5. The third-order valence-electron chi connectivity index (χ3n) is 5.17. The summed E-state index contributed by atoms with van der Waals surface area (Å²) >= 11 is 0. The molecule has 0 atom stereocenters. The van der Waals surface area contributed by atoms with Gasteiger partial charge in [0.15, 0.2) is 11.5 Å². The summed E-state index contributed by atoms with van der Waals surface area (Å²) in [5, 5.41) is 0.949. The van der Waals surface area contributed by atoms with Crippen LogP contribution < -0.4 is 19.1 Å². The predicted molar refractivity (Wildman–Crippen MR) is 110 cm³/mol. The first-order valence-corrected chi connectivity index (χ1v) is 9.67. The van der Waals surface area contributed by atoms with Crippen molar-refractivity contribution in [3.05, 3.63) is 36.0 Å². The number of piperidine rings is 1. The zero-order valence-corrected chi connectivity index (χ0v) is 17.2. The average molecular weight is 395 g/mol. The number of fused-ring (bicyclic) bond motifs is 1. The molecule has 0 amide bonds. The highest BCUT2D eigenvalue weighted by Crippen LogP contribution is 2.35. The molecule has 0 aliphatic carbocycles. The van der Waals surface area contributed by atoms with Crippen molar-refractivity contribution in [3.8, 4) is 17.4 Å². The van der Waals surface area contributed by atoms with Crippen LogP contribution in [0, 0.1) is 13.8 Å². The Balaban J connectivity index is 1.52. The van der Waals surface area contributed by atoms with Gasteiger partial charge in [0.2, 0.25) is 5.88 Å². The van der Waals surface area contributed by atoms with Gasteiger partial charge in [-0.2, -0.15) is 0 Å². The smallest absolute Gasteiger partial charge is 0.235 e. The second kappa shape index (κ2) is 8.06. The Morgan fingerprint density at radius 1 is 0.966 bits per heavy atom. The van der Waals surface area contributed by atoms with Crippen molar-refractivity contribution >= 4 is 16.7 Å². The first-order valence-electron chi connectivity index (χ1n) is 9.67. The fourth-order valence-electron chi connectivity index (χ4n) is 3.59. The molecule has 29 heavy (non-hydrogen) atoms. The minimum absolute atomic E-state index is 0.115. The number of anilines is 1. The number of benzene rings is 1. The number of nitrogens with zero attached hydrogens (tertiary/aromatic N) is 5. The molecule has 1 aromatic carbocycles. The molecule has 1 saturated heterocycles. The van der Waals surface area contributed by atoms with Crippen LogP contribution in [-0.4, -0.2) is 53.3 Å². The van der Waals surface area contributed by atoms with Gasteiger partial charge in [0.25, 0.3) is 0 Å². The molecule has 0 saturated carbocycles. The minimum Gasteiger partial charge on any atom is -0.493 e. The van der Waals surface area contributed by atoms with Crippen LogP contribution in [-0.2, 0) is 0 Å². The lowest BCUT2D eigenvalue weighted by molar-refractivity contribution is 0.161. The lowest BCUT2D eigenvalue weighted by Crippen LogP contribution is -2.39. The van der Waals surface area contributed by atoms with E-state index in [1.807, 2.05) is 26.0 Å². The fourth-order valence-corrected chi connectivity index (χ4v) is 3.59. The van der Waals surface area contributed by atoms with Gasteiger partial charge in [-0.1, -0.05) is 0 Å². The quantitative estimate of drug-likeness (QED) is 0.652. The van der Waals surface area contributed by atoms with Crippen molar-refractivity contribution in [2.45, 2.75) is 32.8 Å². The van der Waals surface area contributed by atoms with Crippen molar-refractivity contribution in [2.24, 2.45) is 0 Å². The van der Waals surface area contributed by atoms with Crippen LogP contribution in [0.5, 0.6) is 17.4 Å². The first kappa shape index (κ1) is 19.2. The van der Waals surface area contributed by atoms with Gasteiger partial charge in [-0.25, -0.2) is 15.0 Å². The van der Waals surface area contributed by atoms with Crippen LogP contribution in [0.3, 0.4) is 0 Å². The second-order valence-corrected chi connectivity index (χ2v) is 7.13. The standard InChI is InChI=1S/C21H25N5O3/c1-13-11-22-14(2)21(25-13)29-15-5-7-26(8-6-15)20-16-9-18(27-3)19(28-4)10-17(16)23-12-24-20/h9-12,15H,5-8H2,1-4H3. The van der Waals surface area contributed by atoms with E-state index in [4.69, 9.17) is 14.2 Å². The van der Waals surface area contributed by atoms with Crippen LogP contribution >= 0.6 is 0 Å². The van der Waals surface area contributed by atoms with Crippen molar-refractivity contribution in [1.29, 1.82) is 0 Å². The van der Waals surface area contributed by atoms with Crippen LogP contribution in [0.25, 0.3) is 10.9 Å². The highest BCUT2D eigenvalue weighted by atomic mass is 16.5. The van der Waals surface area contributed by atoms with Gasteiger partial charge in [-0.15, -0.1) is 0 Å². The van der Waals surface area contributed by atoms with Crippen LogP contribution in [0.1, 0.15) is 24.2 Å². The van der Waals surface area contributed by atoms with Crippen LogP contribution in [0.2, 0.25) is 0 Å². The molecule has 0 N–H and O–H groups in total. The van der Waals surface area contributed by atoms with Crippen molar-refractivity contribution in [2.75, 3.05) is 32.2 Å². The Hall–Kier alpha value is -3.16. The summed E-state index contributed by atoms with van der Waals surface area (Å²) in [6.45, 7) is 5.52. The molecule has 1 aliphatic rings. The summed E-state index contributed by atoms with van der Waals surface area (Å²) in [5.74, 6) is 2.86. The topological polar surface area (TPSA) is 82.5 Å². The molecule has 8 heteroatoms. The van der Waals surface area contributed by atoms with E-state index in [-0.39, 0.29) is 6.10 Å². The monoisotopic (exact) mass is 395 g/mol. The van der Waals surface area contributed by atoms with E-state index in [0.29, 0.717) is 17.4 Å². The molecular weight excluding hydrogens is 370 g/mol.